The largest absolute Gasteiger partial charge is 0.348 e. The molecule has 0 unspecified atom stereocenters. The second-order valence-electron chi connectivity index (χ2n) is 9.14. The van der Waals surface area contributed by atoms with Gasteiger partial charge in [-0.25, -0.2) is 0 Å². The lowest BCUT2D eigenvalue weighted by atomic mass is 9.99. The summed E-state index contributed by atoms with van der Waals surface area (Å²) in [4.78, 5) is 26.3. The van der Waals surface area contributed by atoms with Crippen molar-refractivity contribution in [2.75, 3.05) is 5.32 Å². The van der Waals surface area contributed by atoms with Gasteiger partial charge in [-0.3, -0.25) is 9.59 Å². The summed E-state index contributed by atoms with van der Waals surface area (Å²) in [7, 11) is 0. The van der Waals surface area contributed by atoms with Gasteiger partial charge in [0.2, 0.25) is 0 Å². The molecule has 0 aliphatic rings. The van der Waals surface area contributed by atoms with E-state index in [2.05, 4.69) is 34.9 Å². The molecule has 186 valence electrons. The highest BCUT2D eigenvalue weighted by atomic mass is 16.2. The maximum absolute atomic E-state index is 13.2. The van der Waals surface area contributed by atoms with Gasteiger partial charge in [0.1, 0.15) is 0 Å². The molecule has 4 heteroatoms. The maximum atomic E-state index is 13.2. The molecule has 38 heavy (non-hydrogen) atoms. The standard InChI is InChI=1S/C34H28N2O2/c1-24-16-21-29(36-34(38)31-15-9-8-14-30(31)28-12-6-3-7-13-28)22-32(24)33(37)35-23-25-17-19-27(20-18-25)26-10-4-2-5-11-26/h2-22H,23H2,1H3,(H,35,37)(H,36,38). The molecule has 0 heterocycles. The third kappa shape index (κ3) is 5.71. The molecule has 0 aromatic heterocycles. The molecule has 0 saturated carbocycles. The third-order valence-electron chi connectivity index (χ3n) is 6.51. The minimum Gasteiger partial charge on any atom is -0.348 e. The van der Waals surface area contributed by atoms with Crippen LogP contribution in [0.4, 0.5) is 5.69 Å². The van der Waals surface area contributed by atoms with Crippen LogP contribution >= 0.6 is 0 Å². The second kappa shape index (κ2) is 11.4. The van der Waals surface area contributed by atoms with Gasteiger partial charge in [-0.2, -0.15) is 0 Å². The Kier molecular flexibility index (Phi) is 7.42. The SMILES string of the molecule is Cc1ccc(NC(=O)c2ccccc2-c2ccccc2)cc1C(=O)NCc1ccc(-c2ccccc2)cc1. The Morgan fingerprint density at radius 2 is 1.18 bits per heavy atom. The third-order valence-corrected chi connectivity index (χ3v) is 6.51. The number of rotatable bonds is 7. The first kappa shape index (κ1) is 24.7. The van der Waals surface area contributed by atoms with Gasteiger partial charge in [-0.15, -0.1) is 0 Å². The Hall–Kier alpha value is -4.96. The molecule has 5 rings (SSSR count). The van der Waals surface area contributed by atoms with Gasteiger partial charge in [0.05, 0.1) is 0 Å². The van der Waals surface area contributed by atoms with E-state index in [0.717, 1.165) is 33.4 Å². The lowest BCUT2D eigenvalue weighted by Crippen LogP contribution is -2.24. The van der Waals surface area contributed by atoms with Crippen molar-refractivity contribution in [1.29, 1.82) is 0 Å². The zero-order valence-corrected chi connectivity index (χ0v) is 21.1. The van der Waals surface area contributed by atoms with E-state index in [1.807, 2.05) is 104 Å². The first-order valence-corrected chi connectivity index (χ1v) is 12.6. The molecule has 5 aromatic rings. The molecule has 0 aliphatic carbocycles. The summed E-state index contributed by atoms with van der Waals surface area (Å²) in [5, 5.41) is 5.97. The van der Waals surface area contributed by atoms with Crippen molar-refractivity contribution in [3.8, 4) is 22.3 Å². The van der Waals surface area contributed by atoms with Gasteiger partial charge >= 0.3 is 0 Å². The van der Waals surface area contributed by atoms with Crippen LogP contribution in [0.3, 0.4) is 0 Å². The van der Waals surface area contributed by atoms with Crippen molar-refractivity contribution in [3.63, 3.8) is 0 Å². The molecule has 5 aromatic carbocycles. The van der Waals surface area contributed by atoms with E-state index in [1.165, 1.54) is 0 Å². The smallest absolute Gasteiger partial charge is 0.256 e. The Balaban J connectivity index is 1.27. The molecular formula is C34H28N2O2. The molecule has 0 atom stereocenters. The monoisotopic (exact) mass is 496 g/mol. The van der Waals surface area contributed by atoms with Crippen LogP contribution in [0.2, 0.25) is 0 Å². The molecule has 2 amide bonds. The molecule has 0 spiro atoms. The highest BCUT2D eigenvalue weighted by Crippen LogP contribution is 2.25. The van der Waals surface area contributed by atoms with E-state index >= 15 is 0 Å². The van der Waals surface area contributed by atoms with Gasteiger partial charge < -0.3 is 10.6 Å². The highest BCUT2D eigenvalue weighted by Gasteiger charge is 2.15. The van der Waals surface area contributed by atoms with Crippen molar-refractivity contribution in [2.24, 2.45) is 0 Å². The van der Waals surface area contributed by atoms with E-state index in [0.29, 0.717) is 23.4 Å². The first-order chi connectivity index (χ1) is 18.6. The second-order valence-corrected chi connectivity index (χ2v) is 9.14. The normalized spacial score (nSPS) is 10.6. The average Bonchev–Trinajstić information content (AvgIpc) is 2.98. The molecular weight excluding hydrogens is 468 g/mol. The first-order valence-electron chi connectivity index (χ1n) is 12.6. The topological polar surface area (TPSA) is 58.2 Å². The van der Waals surface area contributed by atoms with Crippen molar-refractivity contribution >= 4 is 17.5 Å². The molecule has 0 fully saturated rings. The lowest BCUT2D eigenvalue weighted by molar-refractivity contribution is 0.0949. The van der Waals surface area contributed by atoms with E-state index in [4.69, 9.17) is 0 Å². The molecule has 2 N–H and O–H groups in total. The zero-order valence-electron chi connectivity index (χ0n) is 21.1. The predicted molar refractivity (Wildman–Crippen MR) is 154 cm³/mol. The summed E-state index contributed by atoms with van der Waals surface area (Å²) in [5.41, 5.74) is 7.64. The number of amides is 2. The Bertz CT molecular complexity index is 1560. The van der Waals surface area contributed by atoms with Crippen LogP contribution in [0.15, 0.2) is 127 Å². The fraction of sp³-hybridized carbons (Fsp3) is 0.0588. The summed E-state index contributed by atoms with van der Waals surface area (Å²) in [5.74, 6) is -0.409. The van der Waals surface area contributed by atoms with Crippen LogP contribution in [-0.4, -0.2) is 11.8 Å². The Morgan fingerprint density at radius 3 is 1.89 bits per heavy atom. The molecule has 4 nitrogen and oxygen atoms in total. The van der Waals surface area contributed by atoms with Crippen LogP contribution in [0.25, 0.3) is 22.3 Å². The number of carbonyl (C=O) groups is 2. The zero-order chi connectivity index (χ0) is 26.3. The quantitative estimate of drug-likeness (QED) is 0.245. The van der Waals surface area contributed by atoms with Crippen LogP contribution in [0.5, 0.6) is 0 Å². The number of hydrogen-bond acceptors (Lipinski definition) is 2. The summed E-state index contributed by atoms with van der Waals surface area (Å²) in [6, 6.07) is 41.1. The summed E-state index contributed by atoms with van der Waals surface area (Å²) in [6.07, 6.45) is 0. The number of nitrogens with one attached hydrogen (secondary N) is 2. The number of carbonyl (C=O) groups excluding carboxylic acids is 2. The van der Waals surface area contributed by atoms with Gasteiger partial charge in [-0.1, -0.05) is 109 Å². The molecule has 0 aliphatic heterocycles. The number of anilines is 1. The summed E-state index contributed by atoms with van der Waals surface area (Å²) in [6.45, 7) is 2.30. The predicted octanol–water partition coefficient (Wildman–Crippen LogP) is 7.51. The fourth-order valence-corrected chi connectivity index (χ4v) is 4.42. The van der Waals surface area contributed by atoms with E-state index in [9.17, 15) is 9.59 Å². The van der Waals surface area contributed by atoms with Crippen molar-refractivity contribution in [2.45, 2.75) is 13.5 Å². The van der Waals surface area contributed by atoms with E-state index < -0.39 is 0 Å². The number of aryl methyl sites for hydroxylation is 1. The molecule has 0 radical (unpaired) electrons. The van der Waals surface area contributed by atoms with Crippen LogP contribution < -0.4 is 10.6 Å². The highest BCUT2D eigenvalue weighted by molar-refractivity contribution is 6.09. The lowest BCUT2D eigenvalue weighted by Gasteiger charge is -2.13. The van der Waals surface area contributed by atoms with Crippen LogP contribution in [0.1, 0.15) is 31.8 Å². The van der Waals surface area contributed by atoms with Crippen LogP contribution in [-0.2, 0) is 6.54 Å². The minimum absolute atomic E-state index is 0.185. The van der Waals surface area contributed by atoms with Gasteiger partial charge in [0.15, 0.2) is 0 Å². The average molecular weight is 497 g/mol. The van der Waals surface area contributed by atoms with Crippen molar-refractivity contribution in [3.05, 3.63) is 150 Å². The molecule has 0 saturated heterocycles. The van der Waals surface area contributed by atoms with Gasteiger partial charge in [0.25, 0.3) is 11.8 Å². The van der Waals surface area contributed by atoms with Crippen LogP contribution in [0, 0.1) is 6.92 Å². The Labute approximate surface area is 223 Å². The summed E-state index contributed by atoms with van der Waals surface area (Å²) >= 11 is 0. The Morgan fingerprint density at radius 1 is 0.579 bits per heavy atom. The van der Waals surface area contributed by atoms with Crippen molar-refractivity contribution in [1.82, 2.24) is 5.32 Å². The van der Waals surface area contributed by atoms with E-state index in [1.54, 1.807) is 6.07 Å². The number of benzene rings is 5. The minimum atomic E-state index is -0.224. The summed E-state index contributed by atoms with van der Waals surface area (Å²) < 4.78 is 0. The van der Waals surface area contributed by atoms with Crippen molar-refractivity contribution < 1.29 is 9.59 Å². The van der Waals surface area contributed by atoms with Gasteiger partial charge in [-0.05, 0) is 58.5 Å². The molecule has 0 bridgehead atoms. The van der Waals surface area contributed by atoms with Gasteiger partial charge in [0, 0.05) is 23.4 Å². The number of hydrogen-bond donors (Lipinski definition) is 2. The van der Waals surface area contributed by atoms with E-state index in [-0.39, 0.29) is 11.8 Å². The maximum Gasteiger partial charge on any atom is 0.256 e. The fourth-order valence-electron chi connectivity index (χ4n) is 4.42.